The number of aromatic nitrogens is 3. The molecule has 2 saturated heterocycles. The Morgan fingerprint density at radius 2 is 1.77 bits per heavy atom. The van der Waals surface area contributed by atoms with Crippen molar-refractivity contribution in [2.75, 3.05) is 20.2 Å². The lowest BCUT2D eigenvalue weighted by molar-refractivity contribution is 0.0396. The zero-order valence-corrected chi connectivity index (χ0v) is 21.1. The van der Waals surface area contributed by atoms with Gasteiger partial charge in [0.2, 0.25) is 5.88 Å². The van der Waals surface area contributed by atoms with Crippen LogP contribution in [0.15, 0.2) is 71.3 Å². The lowest BCUT2D eigenvalue weighted by Crippen LogP contribution is -2.55. The van der Waals surface area contributed by atoms with Gasteiger partial charge < -0.3 is 14.0 Å². The van der Waals surface area contributed by atoms with Gasteiger partial charge in [0.05, 0.1) is 18.5 Å². The van der Waals surface area contributed by atoms with Crippen molar-refractivity contribution in [3.63, 3.8) is 0 Å². The summed E-state index contributed by atoms with van der Waals surface area (Å²) < 4.78 is 8.47. The minimum absolute atomic E-state index is 0.00130. The third-order valence-corrected chi connectivity index (χ3v) is 7.59. The Bertz CT molecular complexity index is 1370. The molecule has 3 aromatic heterocycles. The van der Waals surface area contributed by atoms with E-state index in [1.807, 2.05) is 24.3 Å². The predicted molar refractivity (Wildman–Crippen MR) is 137 cm³/mol. The number of hydrogen-bond donors (Lipinski definition) is 0. The minimum Gasteiger partial charge on any atom is -0.481 e. The summed E-state index contributed by atoms with van der Waals surface area (Å²) in [5.41, 5.74) is 4.69. The normalized spacial score (nSPS) is 19.9. The Hall–Kier alpha value is -3.23. The van der Waals surface area contributed by atoms with Gasteiger partial charge in [-0.1, -0.05) is 40.2 Å². The molecule has 2 atom stereocenters. The third kappa shape index (κ3) is 4.10. The summed E-state index contributed by atoms with van der Waals surface area (Å²) in [6.45, 7) is 2.46. The number of methoxy groups -OCH3 is 1. The molecule has 0 N–H and O–H groups in total. The van der Waals surface area contributed by atoms with Crippen molar-refractivity contribution in [3.8, 4) is 17.1 Å². The van der Waals surface area contributed by atoms with Crippen LogP contribution in [0, 0.1) is 0 Å². The fourth-order valence-electron chi connectivity index (χ4n) is 5.48. The molecular weight excluding hydrogens is 506 g/mol. The summed E-state index contributed by atoms with van der Waals surface area (Å²) in [5.74, 6) is 0.469. The quantitative estimate of drug-likeness (QED) is 0.375. The van der Waals surface area contributed by atoms with Crippen molar-refractivity contribution in [3.05, 3.63) is 82.7 Å². The highest BCUT2D eigenvalue weighted by Crippen LogP contribution is 2.34. The number of fused-ring (bicyclic) bond motifs is 3. The fraction of sp³-hybridized carbons (Fsp3) is 0.296. The SMILES string of the molecule is COc1cccc(C(=O)N2C3CCC2CN(Cc2c(-c4ccc(Br)cc4)nc4ccccn24)C3)n1. The number of imidazole rings is 1. The van der Waals surface area contributed by atoms with E-state index in [-0.39, 0.29) is 18.0 Å². The molecule has 8 heteroatoms. The van der Waals surface area contributed by atoms with Gasteiger partial charge in [-0.25, -0.2) is 9.97 Å². The smallest absolute Gasteiger partial charge is 0.273 e. The Morgan fingerprint density at radius 1 is 1.00 bits per heavy atom. The lowest BCUT2D eigenvalue weighted by atomic mass is 10.1. The third-order valence-electron chi connectivity index (χ3n) is 7.06. The largest absolute Gasteiger partial charge is 0.481 e. The summed E-state index contributed by atoms with van der Waals surface area (Å²) in [7, 11) is 1.57. The molecule has 0 saturated carbocycles. The Labute approximate surface area is 212 Å². The molecule has 0 spiro atoms. The Balaban J connectivity index is 1.27. The van der Waals surface area contributed by atoms with Crippen LogP contribution in [0.4, 0.5) is 0 Å². The number of carbonyl (C=O) groups excluding carboxylic acids is 1. The van der Waals surface area contributed by atoms with E-state index in [1.54, 1.807) is 19.2 Å². The van der Waals surface area contributed by atoms with E-state index >= 15 is 0 Å². The van der Waals surface area contributed by atoms with Crippen LogP contribution in [-0.4, -0.2) is 62.4 Å². The molecule has 35 heavy (non-hydrogen) atoms. The Kier molecular flexibility index (Phi) is 5.78. The van der Waals surface area contributed by atoms with Crippen LogP contribution in [-0.2, 0) is 6.54 Å². The zero-order chi connectivity index (χ0) is 23.9. The van der Waals surface area contributed by atoms with Gasteiger partial charge in [0, 0.05) is 54.0 Å². The first kappa shape index (κ1) is 22.2. The predicted octanol–water partition coefficient (Wildman–Crippen LogP) is 4.66. The second kappa shape index (κ2) is 9.09. The standard InChI is InChI=1S/C27H26BrN5O2/c1-35-25-7-4-5-22(29-25)27(34)33-20-12-13-21(33)16-31(15-20)17-23-26(18-8-10-19(28)11-9-18)30-24-6-2-3-14-32(23)24/h2-11,14,20-21H,12-13,15-17H2,1H3. The number of amides is 1. The summed E-state index contributed by atoms with van der Waals surface area (Å²) in [5, 5.41) is 0. The van der Waals surface area contributed by atoms with Gasteiger partial charge in [-0.3, -0.25) is 9.69 Å². The summed E-state index contributed by atoms with van der Waals surface area (Å²) >= 11 is 3.54. The van der Waals surface area contributed by atoms with Gasteiger partial charge in [0.25, 0.3) is 5.91 Å². The second-order valence-electron chi connectivity index (χ2n) is 9.20. The lowest BCUT2D eigenvalue weighted by Gasteiger charge is -2.41. The fourth-order valence-corrected chi connectivity index (χ4v) is 5.74. The van der Waals surface area contributed by atoms with Crippen molar-refractivity contribution in [2.24, 2.45) is 0 Å². The molecule has 2 unspecified atom stereocenters. The van der Waals surface area contributed by atoms with Crippen LogP contribution >= 0.6 is 15.9 Å². The van der Waals surface area contributed by atoms with Crippen molar-refractivity contribution in [1.29, 1.82) is 0 Å². The highest BCUT2D eigenvalue weighted by atomic mass is 79.9. The Morgan fingerprint density at radius 3 is 2.51 bits per heavy atom. The average Bonchev–Trinajstić information content (AvgIpc) is 3.38. The molecule has 1 aromatic carbocycles. The second-order valence-corrected chi connectivity index (χ2v) is 10.1. The van der Waals surface area contributed by atoms with Gasteiger partial charge in [0.15, 0.2) is 0 Å². The van der Waals surface area contributed by atoms with Crippen molar-refractivity contribution in [2.45, 2.75) is 31.5 Å². The molecule has 2 fully saturated rings. The number of halogens is 1. The number of rotatable bonds is 5. The maximum atomic E-state index is 13.4. The molecule has 4 aromatic rings. The van der Waals surface area contributed by atoms with E-state index < -0.39 is 0 Å². The van der Waals surface area contributed by atoms with E-state index in [4.69, 9.17) is 9.72 Å². The molecule has 7 nitrogen and oxygen atoms in total. The van der Waals surface area contributed by atoms with E-state index in [0.29, 0.717) is 11.6 Å². The number of benzene rings is 1. The molecule has 2 aliphatic rings. The molecule has 6 rings (SSSR count). The van der Waals surface area contributed by atoms with Crippen LogP contribution < -0.4 is 4.74 Å². The monoisotopic (exact) mass is 531 g/mol. The van der Waals surface area contributed by atoms with Gasteiger partial charge in [-0.2, -0.15) is 0 Å². The number of pyridine rings is 2. The van der Waals surface area contributed by atoms with E-state index in [1.165, 1.54) is 5.69 Å². The average molecular weight is 532 g/mol. The van der Waals surface area contributed by atoms with E-state index in [0.717, 1.165) is 53.9 Å². The minimum atomic E-state index is 0.00130. The molecule has 5 heterocycles. The van der Waals surface area contributed by atoms with Crippen LogP contribution in [0.5, 0.6) is 5.88 Å². The van der Waals surface area contributed by atoms with Crippen LogP contribution in [0.25, 0.3) is 16.9 Å². The van der Waals surface area contributed by atoms with Crippen molar-refractivity contribution in [1.82, 2.24) is 24.2 Å². The summed E-state index contributed by atoms with van der Waals surface area (Å²) in [4.78, 5) is 27.3. The molecule has 2 bridgehead atoms. The number of piperazine rings is 1. The first-order chi connectivity index (χ1) is 17.1. The number of hydrogen-bond acceptors (Lipinski definition) is 5. The maximum absolute atomic E-state index is 13.4. The van der Waals surface area contributed by atoms with Crippen molar-refractivity contribution < 1.29 is 9.53 Å². The van der Waals surface area contributed by atoms with Gasteiger partial charge in [0.1, 0.15) is 11.3 Å². The van der Waals surface area contributed by atoms with Crippen molar-refractivity contribution >= 4 is 27.5 Å². The molecule has 2 aliphatic heterocycles. The van der Waals surface area contributed by atoms with Gasteiger partial charge in [-0.15, -0.1) is 0 Å². The van der Waals surface area contributed by atoms with Crippen LogP contribution in [0.2, 0.25) is 0 Å². The summed E-state index contributed by atoms with van der Waals surface area (Å²) in [6, 6.07) is 20.2. The number of nitrogens with zero attached hydrogens (tertiary/aromatic N) is 5. The molecular formula is C27H26BrN5O2. The topological polar surface area (TPSA) is 63.0 Å². The number of likely N-dealkylation sites (tertiary alicyclic amines) is 1. The number of carbonyl (C=O) groups is 1. The van der Waals surface area contributed by atoms with E-state index in [9.17, 15) is 4.79 Å². The van der Waals surface area contributed by atoms with Gasteiger partial charge >= 0.3 is 0 Å². The van der Waals surface area contributed by atoms with Crippen LogP contribution in [0.3, 0.4) is 0 Å². The highest BCUT2D eigenvalue weighted by Gasteiger charge is 2.43. The first-order valence-corrected chi connectivity index (χ1v) is 12.7. The maximum Gasteiger partial charge on any atom is 0.273 e. The molecule has 178 valence electrons. The molecule has 0 aliphatic carbocycles. The number of ether oxygens (including phenoxy) is 1. The van der Waals surface area contributed by atoms with Gasteiger partial charge in [-0.05, 0) is 43.2 Å². The van der Waals surface area contributed by atoms with Crippen LogP contribution in [0.1, 0.15) is 29.0 Å². The summed E-state index contributed by atoms with van der Waals surface area (Å²) in [6.07, 6.45) is 4.12. The first-order valence-electron chi connectivity index (χ1n) is 11.9. The van der Waals surface area contributed by atoms with E-state index in [2.05, 4.69) is 65.6 Å². The zero-order valence-electron chi connectivity index (χ0n) is 19.5. The highest BCUT2D eigenvalue weighted by molar-refractivity contribution is 9.10. The molecule has 1 amide bonds. The molecule has 0 radical (unpaired) electrons.